The highest BCUT2D eigenvalue weighted by atomic mass is 35.5. The maximum absolute atomic E-state index is 13.0. The van der Waals surface area contributed by atoms with Crippen LogP contribution < -0.4 is 11.1 Å². The number of rotatable bonds is 5. The molecule has 0 amide bonds. The zero-order valence-corrected chi connectivity index (χ0v) is 15.3. The minimum Gasteiger partial charge on any atom is -0.506 e. The van der Waals surface area contributed by atoms with Crippen LogP contribution in [0.25, 0.3) is 0 Å². The van der Waals surface area contributed by atoms with Crippen molar-refractivity contribution in [2.75, 3.05) is 11.1 Å². The monoisotopic (exact) mass is 388 g/mol. The molecule has 26 heavy (non-hydrogen) atoms. The molecule has 0 heterocycles. The van der Waals surface area contributed by atoms with Gasteiger partial charge in [0.25, 0.3) is 0 Å². The first kappa shape index (κ1) is 18.1. The number of nitrogens with two attached hydrogens (primary N) is 1. The number of nitrogen functional groups attached to an aromatic ring is 1. The lowest BCUT2D eigenvalue weighted by molar-refractivity contribution is 0.477. The minimum absolute atomic E-state index is 0.0820. The molecule has 0 bridgehead atoms. The summed E-state index contributed by atoms with van der Waals surface area (Å²) < 4.78 is 26.0. The molecule has 0 aromatic heterocycles. The number of para-hydroxylation sites is 2. The van der Waals surface area contributed by atoms with E-state index in [1.54, 1.807) is 36.4 Å². The van der Waals surface area contributed by atoms with E-state index < -0.39 is 9.84 Å². The third-order valence-electron chi connectivity index (χ3n) is 3.87. The van der Waals surface area contributed by atoms with Crippen LogP contribution >= 0.6 is 11.6 Å². The van der Waals surface area contributed by atoms with E-state index in [1.165, 1.54) is 30.3 Å². The first-order chi connectivity index (χ1) is 12.4. The van der Waals surface area contributed by atoms with Gasteiger partial charge in [-0.15, -0.1) is 0 Å². The van der Waals surface area contributed by atoms with E-state index in [1.807, 2.05) is 0 Å². The lowest BCUT2D eigenvalue weighted by Gasteiger charge is -2.14. The molecule has 0 aliphatic heterocycles. The highest BCUT2D eigenvalue weighted by Crippen LogP contribution is 2.28. The fourth-order valence-electron chi connectivity index (χ4n) is 2.55. The van der Waals surface area contributed by atoms with Crippen molar-refractivity contribution in [2.45, 2.75) is 16.3 Å². The number of nitrogens with one attached hydrogen (secondary N) is 1. The van der Waals surface area contributed by atoms with E-state index in [9.17, 15) is 13.5 Å². The molecule has 0 aliphatic carbocycles. The molecular formula is C19H17ClN2O3S. The summed E-state index contributed by atoms with van der Waals surface area (Å²) in [4.78, 5) is 0.299. The summed E-state index contributed by atoms with van der Waals surface area (Å²) in [6.45, 7) is 0.185. The van der Waals surface area contributed by atoms with Gasteiger partial charge in [-0.3, -0.25) is 0 Å². The summed E-state index contributed by atoms with van der Waals surface area (Å²) in [5.74, 6) is 0.0820. The molecule has 3 aromatic carbocycles. The van der Waals surface area contributed by atoms with Gasteiger partial charge in [-0.05, 0) is 60.2 Å². The van der Waals surface area contributed by atoms with Crippen LogP contribution in [0.5, 0.6) is 5.75 Å². The first-order valence-electron chi connectivity index (χ1n) is 7.79. The fraction of sp³-hybridized carbons (Fsp3) is 0.0526. The summed E-state index contributed by atoms with van der Waals surface area (Å²) in [5, 5.41) is 13.4. The molecule has 4 N–H and O–H groups in total. The SMILES string of the molecule is Nc1ccc(S(=O)(=O)c2ccc(Cl)cc2)c(CNc2ccccc2O)c1. The van der Waals surface area contributed by atoms with Gasteiger partial charge in [-0.2, -0.15) is 0 Å². The molecule has 0 fully saturated rings. The third-order valence-corrected chi connectivity index (χ3v) is 5.99. The second-order valence-corrected chi connectivity index (χ2v) is 8.05. The zero-order valence-electron chi connectivity index (χ0n) is 13.7. The maximum Gasteiger partial charge on any atom is 0.206 e. The Bertz CT molecular complexity index is 1030. The number of sulfone groups is 1. The van der Waals surface area contributed by atoms with Crippen LogP contribution in [0.2, 0.25) is 5.02 Å². The van der Waals surface area contributed by atoms with Crippen molar-refractivity contribution in [3.63, 3.8) is 0 Å². The highest BCUT2D eigenvalue weighted by molar-refractivity contribution is 7.91. The molecule has 5 nitrogen and oxygen atoms in total. The molecule has 0 spiro atoms. The summed E-state index contributed by atoms with van der Waals surface area (Å²) in [7, 11) is -3.73. The minimum atomic E-state index is -3.73. The Balaban J connectivity index is 1.98. The van der Waals surface area contributed by atoms with Crippen LogP contribution in [0, 0.1) is 0 Å². The lowest BCUT2D eigenvalue weighted by atomic mass is 10.2. The van der Waals surface area contributed by atoms with E-state index in [0.717, 1.165) is 0 Å². The predicted octanol–water partition coefficient (Wildman–Crippen LogP) is 4.07. The predicted molar refractivity (Wildman–Crippen MR) is 103 cm³/mol. The van der Waals surface area contributed by atoms with E-state index in [4.69, 9.17) is 17.3 Å². The van der Waals surface area contributed by atoms with E-state index in [-0.39, 0.29) is 22.1 Å². The van der Waals surface area contributed by atoms with Crippen molar-refractivity contribution in [1.82, 2.24) is 0 Å². The van der Waals surface area contributed by atoms with E-state index in [2.05, 4.69) is 5.32 Å². The van der Waals surface area contributed by atoms with Crippen molar-refractivity contribution >= 4 is 32.8 Å². The van der Waals surface area contributed by atoms with E-state index in [0.29, 0.717) is 22.0 Å². The number of hydrogen-bond donors (Lipinski definition) is 3. The van der Waals surface area contributed by atoms with Crippen molar-refractivity contribution in [2.24, 2.45) is 0 Å². The van der Waals surface area contributed by atoms with Crippen molar-refractivity contribution in [3.8, 4) is 5.75 Å². The van der Waals surface area contributed by atoms with Gasteiger partial charge in [-0.1, -0.05) is 23.7 Å². The molecule has 0 atom stereocenters. The third kappa shape index (κ3) is 3.76. The van der Waals surface area contributed by atoms with Crippen molar-refractivity contribution < 1.29 is 13.5 Å². The standard InChI is InChI=1S/C19H17ClN2O3S/c20-14-5-8-16(9-6-14)26(24,25)19-10-7-15(21)11-13(19)12-22-17-3-1-2-4-18(17)23/h1-11,22-23H,12,21H2. The van der Waals surface area contributed by atoms with Crippen LogP contribution in [0.15, 0.2) is 76.5 Å². The topological polar surface area (TPSA) is 92.4 Å². The van der Waals surface area contributed by atoms with Crippen LogP contribution in [0.4, 0.5) is 11.4 Å². The number of benzene rings is 3. The zero-order chi connectivity index (χ0) is 18.7. The molecule has 134 valence electrons. The number of phenolic OH excluding ortho intramolecular Hbond substituents is 1. The fourth-order valence-corrected chi connectivity index (χ4v) is 4.15. The average Bonchev–Trinajstić information content (AvgIpc) is 2.61. The second kappa shape index (κ2) is 7.27. The molecule has 3 rings (SSSR count). The second-order valence-electron chi connectivity index (χ2n) is 5.70. The Morgan fingerprint density at radius 1 is 1.00 bits per heavy atom. The Hall–Kier alpha value is -2.70. The van der Waals surface area contributed by atoms with Gasteiger partial charge in [0.15, 0.2) is 0 Å². The van der Waals surface area contributed by atoms with Gasteiger partial charge >= 0.3 is 0 Å². The van der Waals surface area contributed by atoms with Gasteiger partial charge in [0, 0.05) is 17.3 Å². The molecule has 0 saturated heterocycles. The van der Waals surface area contributed by atoms with Crippen molar-refractivity contribution in [3.05, 3.63) is 77.3 Å². The van der Waals surface area contributed by atoms with Crippen LogP contribution in [-0.4, -0.2) is 13.5 Å². The molecule has 0 aliphatic rings. The van der Waals surface area contributed by atoms with Gasteiger partial charge in [0.1, 0.15) is 5.75 Å². The number of halogens is 1. The summed E-state index contributed by atoms with van der Waals surface area (Å²) in [5.41, 5.74) is 7.30. The number of phenols is 1. The lowest BCUT2D eigenvalue weighted by Crippen LogP contribution is -2.09. The Morgan fingerprint density at radius 2 is 1.69 bits per heavy atom. The Kier molecular flexibility index (Phi) is 5.06. The highest BCUT2D eigenvalue weighted by Gasteiger charge is 2.21. The molecule has 0 unspecified atom stereocenters. The van der Waals surface area contributed by atoms with Crippen LogP contribution in [0.3, 0.4) is 0 Å². The quantitative estimate of drug-likeness (QED) is 0.452. The largest absolute Gasteiger partial charge is 0.506 e. The van der Waals surface area contributed by atoms with Gasteiger partial charge in [0.2, 0.25) is 9.84 Å². The molecule has 0 saturated carbocycles. The number of hydrogen-bond acceptors (Lipinski definition) is 5. The first-order valence-corrected chi connectivity index (χ1v) is 9.65. The smallest absolute Gasteiger partial charge is 0.206 e. The maximum atomic E-state index is 13.0. The van der Waals surface area contributed by atoms with Gasteiger partial charge in [-0.25, -0.2) is 8.42 Å². The van der Waals surface area contributed by atoms with Crippen LogP contribution in [-0.2, 0) is 16.4 Å². The molecule has 3 aromatic rings. The number of aromatic hydroxyl groups is 1. The van der Waals surface area contributed by atoms with Gasteiger partial charge in [0.05, 0.1) is 15.5 Å². The number of anilines is 2. The Morgan fingerprint density at radius 3 is 2.38 bits per heavy atom. The van der Waals surface area contributed by atoms with Crippen LogP contribution in [0.1, 0.15) is 5.56 Å². The van der Waals surface area contributed by atoms with Crippen molar-refractivity contribution in [1.29, 1.82) is 0 Å². The molecular weight excluding hydrogens is 372 g/mol. The average molecular weight is 389 g/mol. The summed E-state index contributed by atoms with van der Waals surface area (Å²) in [6.07, 6.45) is 0. The van der Waals surface area contributed by atoms with E-state index >= 15 is 0 Å². The normalized spacial score (nSPS) is 11.3. The summed E-state index contributed by atoms with van der Waals surface area (Å²) >= 11 is 5.85. The Labute approximate surface area is 157 Å². The van der Waals surface area contributed by atoms with Gasteiger partial charge < -0.3 is 16.2 Å². The molecule has 7 heteroatoms. The molecule has 0 radical (unpaired) electrons. The summed E-state index contributed by atoms with van der Waals surface area (Å²) in [6, 6.07) is 17.4.